The number of aliphatic hydroxyl groups excluding tert-OH is 2. The fourth-order valence-corrected chi connectivity index (χ4v) is 1.27. The summed E-state index contributed by atoms with van der Waals surface area (Å²) in [5.41, 5.74) is 0.728. The molecule has 1 atom stereocenters. The predicted octanol–water partition coefficient (Wildman–Crippen LogP) is 1.84. The third-order valence-corrected chi connectivity index (χ3v) is 2.02. The molecule has 1 radical (unpaired) electrons. The lowest BCUT2D eigenvalue weighted by molar-refractivity contribution is 0.158. The van der Waals surface area contributed by atoms with Crippen LogP contribution in [0.1, 0.15) is 18.6 Å². The quantitative estimate of drug-likeness (QED) is 0.717. The number of nitrogens with one attached hydrogen (secondary N) is 1. The lowest BCUT2D eigenvalue weighted by atomic mass is 10.1. The van der Waals surface area contributed by atoms with Crippen molar-refractivity contribution in [1.29, 1.82) is 0 Å². The minimum absolute atomic E-state index is 0.0890. The lowest BCUT2D eigenvalue weighted by Crippen LogP contribution is -2.24. The van der Waals surface area contributed by atoms with Crippen LogP contribution in [0.5, 0.6) is 0 Å². The van der Waals surface area contributed by atoms with Crippen molar-refractivity contribution >= 4 is 11.6 Å². The summed E-state index contributed by atoms with van der Waals surface area (Å²) in [5.74, 6) is 0. The SMILES string of the molecule is C[C](O)NCC(O)c1cccc(Cl)c1. The van der Waals surface area contributed by atoms with Crippen LogP contribution in [0.2, 0.25) is 5.02 Å². The Hall–Kier alpha value is -0.610. The number of hydrogen-bond acceptors (Lipinski definition) is 3. The highest BCUT2D eigenvalue weighted by Crippen LogP contribution is 2.17. The molecule has 0 heterocycles. The van der Waals surface area contributed by atoms with Crippen LogP contribution in [-0.2, 0) is 0 Å². The van der Waals surface area contributed by atoms with Gasteiger partial charge in [-0.2, -0.15) is 0 Å². The van der Waals surface area contributed by atoms with Crippen molar-refractivity contribution in [2.24, 2.45) is 0 Å². The van der Waals surface area contributed by atoms with Gasteiger partial charge in [0, 0.05) is 11.6 Å². The van der Waals surface area contributed by atoms with E-state index in [1.165, 1.54) is 6.92 Å². The minimum Gasteiger partial charge on any atom is -0.387 e. The van der Waals surface area contributed by atoms with E-state index in [4.69, 9.17) is 16.7 Å². The summed E-state index contributed by atoms with van der Waals surface area (Å²) in [6.07, 6.45) is -0.582. The molecule has 3 N–H and O–H groups in total. The van der Waals surface area contributed by atoms with Crippen LogP contribution in [0.25, 0.3) is 0 Å². The maximum Gasteiger partial charge on any atom is 0.155 e. The summed E-state index contributed by atoms with van der Waals surface area (Å²) in [5, 5.41) is 21.8. The van der Waals surface area contributed by atoms with Crippen LogP contribution in [0.3, 0.4) is 0 Å². The molecule has 77 valence electrons. The Morgan fingerprint density at radius 1 is 1.57 bits per heavy atom. The molecule has 0 aliphatic rings. The van der Waals surface area contributed by atoms with Gasteiger partial charge < -0.3 is 10.2 Å². The third kappa shape index (κ3) is 3.64. The molecule has 0 saturated heterocycles. The molecule has 0 saturated carbocycles. The largest absolute Gasteiger partial charge is 0.387 e. The number of aliphatic hydroxyl groups is 2. The van der Waals surface area contributed by atoms with E-state index >= 15 is 0 Å². The molecule has 4 heteroatoms. The number of halogens is 1. The van der Waals surface area contributed by atoms with Gasteiger partial charge in [0.2, 0.25) is 0 Å². The van der Waals surface area contributed by atoms with Gasteiger partial charge in [-0.05, 0) is 24.6 Å². The second-order valence-electron chi connectivity index (χ2n) is 3.04. The Morgan fingerprint density at radius 2 is 2.29 bits per heavy atom. The highest BCUT2D eigenvalue weighted by Gasteiger charge is 2.08. The van der Waals surface area contributed by atoms with Gasteiger partial charge in [-0.15, -0.1) is 0 Å². The van der Waals surface area contributed by atoms with Crippen molar-refractivity contribution in [3.63, 3.8) is 0 Å². The smallest absolute Gasteiger partial charge is 0.155 e. The third-order valence-electron chi connectivity index (χ3n) is 1.78. The Bertz CT molecular complexity index is 291. The van der Waals surface area contributed by atoms with Gasteiger partial charge in [-0.25, -0.2) is 0 Å². The van der Waals surface area contributed by atoms with E-state index in [0.29, 0.717) is 5.02 Å². The van der Waals surface area contributed by atoms with Crippen molar-refractivity contribution in [1.82, 2.24) is 5.32 Å². The fraction of sp³-hybridized carbons (Fsp3) is 0.300. The summed E-state index contributed by atoms with van der Waals surface area (Å²) in [6, 6.07) is 7.00. The second kappa shape index (κ2) is 5.32. The predicted molar refractivity (Wildman–Crippen MR) is 55.3 cm³/mol. The van der Waals surface area contributed by atoms with Crippen LogP contribution < -0.4 is 5.32 Å². The van der Waals surface area contributed by atoms with Crippen molar-refractivity contribution in [3.8, 4) is 0 Å². The molecule has 1 aromatic rings. The van der Waals surface area contributed by atoms with Crippen molar-refractivity contribution in [3.05, 3.63) is 41.1 Å². The zero-order valence-corrected chi connectivity index (χ0v) is 8.62. The number of benzene rings is 1. The van der Waals surface area contributed by atoms with Crippen LogP contribution >= 0.6 is 11.6 Å². The topological polar surface area (TPSA) is 52.5 Å². The van der Waals surface area contributed by atoms with E-state index in [9.17, 15) is 5.11 Å². The maximum absolute atomic E-state index is 9.65. The molecule has 0 fully saturated rings. The summed E-state index contributed by atoms with van der Waals surface area (Å²) in [7, 11) is 0. The van der Waals surface area contributed by atoms with E-state index in [0.717, 1.165) is 5.56 Å². The number of rotatable bonds is 4. The first-order valence-electron chi connectivity index (χ1n) is 4.29. The average Bonchev–Trinajstić information content (AvgIpc) is 2.14. The van der Waals surface area contributed by atoms with Crippen LogP contribution in [0.15, 0.2) is 24.3 Å². The average molecular weight is 215 g/mol. The normalized spacial score (nSPS) is 13.2. The van der Waals surface area contributed by atoms with E-state index < -0.39 is 6.10 Å². The van der Waals surface area contributed by atoms with E-state index in [1.807, 2.05) is 0 Å². The first-order valence-corrected chi connectivity index (χ1v) is 4.67. The Kier molecular flexibility index (Phi) is 4.35. The van der Waals surface area contributed by atoms with Crippen molar-refractivity contribution in [2.45, 2.75) is 13.0 Å². The Morgan fingerprint density at radius 3 is 2.86 bits per heavy atom. The van der Waals surface area contributed by atoms with Gasteiger partial charge in [0.15, 0.2) is 6.23 Å². The van der Waals surface area contributed by atoms with Gasteiger partial charge in [-0.3, -0.25) is 5.32 Å². The first-order chi connectivity index (χ1) is 6.59. The molecule has 0 aromatic heterocycles. The highest BCUT2D eigenvalue weighted by atomic mass is 35.5. The molecular formula is C10H13ClNO2. The summed E-state index contributed by atoms with van der Waals surface area (Å²) in [6.45, 7) is 1.79. The zero-order valence-electron chi connectivity index (χ0n) is 7.87. The van der Waals surface area contributed by atoms with Gasteiger partial charge in [0.1, 0.15) is 0 Å². The van der Waals surface area contributed by atoms with E-state index in [-0.39, 0.29) is 12.8 Å². The van der Waals surface area contributed by atoms with Crippen molar-refractivity contribution in [2.75, 3.05) is 6.54 Å². The number of hydrogen-bond donors (Lipinski definition) is 3. The molecular weight excluding hydrogens is 202 g/mol. The Balaban J connectivity index is 2.56. The molecule has 0 aliphatic carbocycles. The van der Waals surface area contributed by atoms with E-state index in [1.54, 1.807) is 24.3 Å². The lowest BCUT2D eigenvalue weighted by Gasteiger charge is -2.13. The minimum atomic E-state index is -0.671. The summed E-state index contributed by atoms with van der Waals surface area (Å²) < 4.78 is 0. The Labute approximate surface area is 88.3 Å². The van der Waals surface area contributed by atoms with Crippen molar-refractivity contribution < 1.29 is 10.2 Å². The van der Waals surface area contributed by atoms with Crippen LogP contribution in [0, 0.1) is 6.23 Å². The molecule has 3 nitrogen and oxygen atoms in total. The molecule has 1 aromatic carbocycles. The molecule has 14 heavy (non-hydrogen) atoms. The first kappa shape index (κ1) is 11.5. The standard InChI is InChI=1S/C10H13ClNO2/c1-7(13)12-6-10(14)8-3-2-4-9(11)5-8/h2-5,10,12-14H,6H2,1H3. The van der Waals surface area contributed by atoms with Gasteiger partial charge in [-0.1, -0.05) is 23.7 Å². The van der Waals surface area contributed by atoms with Gasteiger partial charge >= 0.3 is 0 Å². The fourth-order valence-electron chi connectivity index (χ4n) is 1.08. The monoisotopic (exact) mass is 214 g/mol. The molecule has 0 amide bonds. The molecule has 1 rings (SSSR count). The zero-order chi connectivity index (χ0) is 10.6. The molecule has 0 spiro atoms. The van der Waals surface area contributed by atoms with Crippen LogP contribution in [0.4, 0.5) is 0 Å². The molecule has 0 bridgehead atoms. The highest BCUT2D eigenvalue weighted by molar-refractivity contribution is 6.30. The van der Waals surface area contributed by atoms with E-state index in [2.05, 4.69) is 5.32 Å². The van der Waals surface area contributed by atoms with Gasteiger partial charge in [0.05, 0.1) is 6.10 Å². The summed E-state index contributed by atoms with van der Waals surface area (Å²) >= 11 is 5.77. The maximum atomic E-state index is 9.65. The van der Waals surface area contributed by atoms with Crippen LogP contribution in [-0.4, -0.2) is 16.8 Å². The summed E-state index contributed by atoms with van der Waals surface area (Å²) in [4.78, 5) is 0. The molecule has 0 aliphatic heterocycles. The van der Waals surface area contributed by atoms with Gasteiger partial charge in [0.25, 0.3) is 0 Å². The molecule has 1 unspecified atom stereocenters. The second-order valence-corrected chi connectivity index (χ2v) is 3.47.